The summed E-state index contributed by atoms with van der Waals surface area (Å²) in [7, 11) is -3.47. The van der Waals surface area contributed by atoms with Gasteiger partial charge >= 0.3 is 0 Å². The Labute approximate surface area is 154 Å². The fourth-order valence-electron chi connectivity index (χ4n) is 4.03. The monoisotopic (exact) mass is 376 g/mol. The van der Waals surface area contributed by atoms with Crippen molar-refractivity contribution >= 4 is 10.2 Å². The molecule has 3 heterocycles. The van der Waals surface area contributed by atoms with Gasteiger partial charge in [-0.1, -0.05) is 48.3 Å². The first kappa shape index (κ1) is 17.6. The molecule has 2 aliphatic rings. The fourth-order valence-corrected chi connectivity index (χ4v) is 5.78. The molecule has 2 aliphatic heterocycles. The van der Waals surface area contributed by atoms with Crippen LogP contribution in [0.1, 0.15) is 48.9 Å². The quantitative estimate of drug-likeness (QED) is 0.818. The molecular weight excluding hydrogens is 352 g/mol. The molecule has 1 aromatic carbocycles. The average Bonchev–Trinajstić information content (AvgIpc) is 3.26. The van der Waals surface area contributed by atoms with Gasteiger partial charge in [0.15, 0.2) is 5.82 Å². The molecule has 2 aromatic rings. The third kappa shape index (κ3) is 3.41. The number of aromatic nitrogens is 2. The van der Waals surface area contributed by atoms with E-state index in [0.29, 0.717) is 32.0 Å². The van der Waals surface area contributed by atoms with E-state index in [-0.39, 0.29) is 11.8 Å². The van der Waals surface area contributed by atoms with Gasteiger partial charge in [-0.2, -0.15) is 22.0 Å². The van der Waals surface area contributed by atoms with Crippen LogP contribution in [0.15, 0.2) is 41.2 Å². The lowest BCUT2D eigenvalue weighted by Crippen LogP contribution is -2.43. The molecule has 2 fully saturated rings. The van der Waals surface area contributed by atoms with Crippen molar-refractivity contribution in [3.63, 3.8) is 0 Å². The Balaban J connectivity index is 1.62. The number of nitrogens with zero attached hydrogens (tertiary/aromatic N) is 4. The van der Waals surface area contributed by atoms with E-state index in [1.54, 1.807) is 8.61 Å². The van der Waals surface area contributed by atoms with Gasteiger partial charge in [-0.15, -0.1) is 0 Å². The van der Waals surface area contributed by atoms with Gasteiger partial charge in [0.1, 0.15) is 0 Å². The Hall–Kier alpha value is -1.77. The van der Waals surface area contributed by atoms with E-state index < -0.39 is 10.2 Å². The van der Waals surface area contributed by atoms with Gasteiger partial charge in [-0.05, 0) is 18.4 Å². The molecule has 4 rings (SSSR count). The minimum absolute atomic E-state index is 0.0237. The molecule has 0 amide bonds. The van der Waals surface area contributed by atoms with Crippen molar-refractivity contribution in [3.8, 4) is 0 Å². The maximum atomic E-state index is 13.2. The summed E-state index contributed by atoms with van der Waals surface area (Å²) in [6.45, 7) is 2.06. The largest absolute Gasteiger partial charge is 0.343 e. The molecule has 0 aliphatic carbocycles. The van der Waals surface area contributed by atoms with Gasteiger partial charge in [-0.3, -0.25) is 0 Å². The zero-order chi connectivity index (χ0) is 18.0. The van der Waals surface area contributed by atoms with E-state index >= 15 is 0 Å². The number of rotatable bonds is 4. The molecule has 0 bridgehead atoms. The molecule has 0 unspecified atom stereocenters. The Bertz CT molecular complexity index is 802. The van der Waals surface area contributed by atoms with Gasteiger partial charge in [0, 0.05) is 38.0 Å². The molecule has 26 heavy (non-hydrogen) atoms. The van der Waals surface area contributed by atoms with Crippen LogP contribution in [0.25, 0.3) is 0 Å². The SMILES string of the molecule is O=S(=O)(N1CCCCCC1)N1C[C@@H](c2ccccc2)[C@H](c2ncon2)C1. The second-order valence-electron chi connectivity index (χ2n) is 7.05. The molecule has 0 radical (unpaired) electrons. The first-order valence-electron chi connectivity index (χ1n) is 9.22. The predicted octanol–water partition coefficient (Wildman–Crippen LogP) is 2.37. The Morgan fingerprint density at radius 2 is 1.62 bits per heavy atom. The van der Waals surface area contributed by atoms with E-state index in [1.165, 1.54) is 6.39 Å². The summed E-state index contributed by atoms with van der Waals surface area (Å²) in [6, 6.07) is 10.0. The lowest BCUT2D eigenvalue weighted by molar-refractivity contribution is 0.363. The topological polar surface area (TPSA) is 79.5 Å². The Morgan fingerprint density at radius 3 is 2.27 bits per heavy atom. The van der Waals surface area contributed by atoms with Crippen molar-refractivity contribution in [1.82, 2.24) is 18.8 Å². The molecule has 2 saturated heterocycles. The van der Waals surface area contributed by atoms with Gasteiger partial charge in [0.05, 0.1) is 0 Å². The highest BCUT2D eigenvalue weighted by molar-refractivity contribution is 7.86. The Morgan fingerprint density at radius 1 is 0.923 bits per heavy atom. The van der Waals surface area contributed by atoms with E-state index in [2.05, 4.69) is 10.1 Å². The van der Waals surface area contributed by atoms with Crippen LogP contribution in [-0.2, 0) is 10.2 Å². The molecule has 2 atom stereocenters. The van der Waals surface area contributed by atoms with Crippen LogP contribution in [0.3, 0.4) is 0 Å². The van der Waals surface area contributed by atoms with Crippen molar-refractivity contribution in [1.29, 1.82) is 0 Å². The zero-order valence-corrected chi connectivity index (χ0v) is 15.5. The molecular formula is C18H24N4O3S. The lowest BCUT2D eigenvalue weighted by Gasteiger charge is -2.26. The highest BCUT2D eigenvalue weighted by atomic mass is 32.2. The summed E-state index contributed by atoms with van der Waals surface area (Å²) in [6.07, 6.45) is 5.38. The maximum absolute atomic E-state index is 13.2. The van der Waals surface area contributed by atoms with Crippen LogP contribution in [0.4, 0.5) is 0 Å². The first-order valence-corrected chi connectivity index (χ1v) is 10.6. The van der Waals surface area contributed by atoms with Crippen molar-refractivity contribution in [3.05, 3.63) is 48.1 Å². The predicted molar refractivity (Wildman–Crippen MR) is 96.8 cm³/mol. The Kier molecular flexibility index (Phi) is 5.06. The van der Waals surface area contributed by atoms with Crippen LogP contribution in [0.5, 0.6) is 0 Å². The molecule has 8 heteroatoms. The van der Waals surface area contributed by atoms with Crippen LogP contribution >= 0.6 is 0 Å². The van der Waals surface area contributed by atoms with Crippen molar-refractivity contribution in [2.75, 3.05) is 26.2 Å². The highest BCUT2D eigenvalue weighted by Gasteiger charge is 2.44. The van der Waals surface area contributed by atoms with Crippen LogP contribution < -0.4 is 0 Å². The van der Waals surface area contributed by atoms with E-state index in [0.717, 1.165) is 31.2 Å². The third-order valence-corrected chi connectivity index (χ3v) is 7.41. The maximum Gasteiger partial charge on any atom is 0.282 e. The summed E-state index contributed by atoms with van der Waals surface area (Å²) in [5.41, 5.74) is 1.11. The summed E-state index contributed by atoms with van der Waals surface area (Å²) >= 11 is 0. The standard InChI is InChI=1S/C18H24N4O3S/c23-26(24,21-10-6-1-2-7-11-21)22-12-16(15-8-4-3-5-9-15)17(13-22)18-19-14-25-20-18/h3-5,8-9,14,16-17H,1-2,6-7,10-13H2/t16-,17+/m0/s1. The van der Waals surface area contributed by atoms with E-state index in [9.17, 15) is 8.42 Å². The smallest absolute Gasteiger partial charge is 0.282 e. The van der Waals surface area contributed by atoms with Gasteiger partial charge < -0.3 is 4.52 Å². The average molecular weight is 376 g/mol. The third-order valence-electron chi connectivity index (χ3n) is 5.44. The summed E-state index contributed by atoms with van der Waals surface area (Å²) in [5, 5.41) is 4.00. The molecule has 0 N–H and O–H groups in total. The van der Waals surface area contributed by atoms with Gasteiger partial charge in [0.2, 0.25) is 6.39 Å². The van der Waals surface area contributed by atoms with Gasteiger partial charge in [-0.25, -0.2) is 0 Å². The second-order valence-corrected chi connectivity index (χ2v) is 8.98. The second kappa shape index (κ2) is 7.46. The van der Waals surface area contributed by atoms with E-state index in [1.807, 2.05) is 30.3 Å². The molecule has 0 spiro atoms. The lowest BCUT2D eigenvalue weighted by atomic mass is 9.88. The normalized spacial score (nSPS) is 26.0. The van der Waals surface area contributed by atoms with Crippen molar-refractivity contribution in [2.45, 2.75) is 37.5 Å². The number of benzene rings is 1. The highest BCUT2D eigenvalue weighted by Crippen LogP contribution is 2.40. The first-order chi connectivity index (χ1) is 12.7. The summed E-state index contributed by atoms with van der Waals surface area (Å²) in [5.74, 6) is 0.501. The molecule has 7 nitrogen and oxygen atoms in total. The molecule has 0 saturated carbocycles. The number of hydrogen-bond donors (Lipinski definition) is 0. The zero-order valence-electron chi connectivity index (χ0n) is 14.7. The summed E-state index contributed by atoms with van der Waals surface area (Å²) in [4.78, 5) is 4.21. The van der Waals surface area contributed by atoms with Gasteiger partial charge in [0.25, 0.3) is 10.2 Å². The minimum atomic E-state index is -3.47. The van der Waals surface area contributed by atoms with Crippen LogP contribution in [0.2, 0.25) is 0 Å². The van der Waals surface area contributed by atoms with Crippen LogP contribution in [0, 0.1) is 0 Å². The van der Waals surface area contributed by atoms with Crippen molar-refractivity contribution in [2.24, 2.45) is 0 Å². The van der Waals surface area contributed by atoms with E-state index in [4.69, 9.17) is 4.52 Å². The van der Waals surface area contributed by atoms with Crippen molar-refractivity contribution < 1.29 is 12.9 Å². The summed E-state index contributed by atoms with van der Waals surface area (Å²) < 4.78 is 34.6. The minimum Gasteiger partial charge on any atom is -0.343 e. The van der Waals surface area contributed by atoms with Crippen LogP contribution in [-0.4, -0.2) is 53.3 Å². The molecule has 1 aromatic heterocycles. The fraction of sp³-hybridized carbons (Fsp3) is 0.556. The molecule has 140 valence electrons. The number of hydrogen-bond acceptors (Lipinski definition) is 5.